The van der Waals surface area contributed by atoms with E-state index in [1.807, 2.05) is 32.7 Å². The zero-order chi connectivity index (χ0) is 14.6. The van der Waals surface area contributed by atoms with Gasteiger partial charge in [0.2, 0.25) is 0 Å². The van der Waals surface area contributed by atoms with Crippen LogP contribution in [0.5, 0.6) is 0 Å². The van der Waals surface area contributed by atoms with Crippen LogP contribution in [0.15, 0.2) is 36.9 Å². The van der Waals surface area contributed by atoms with Gasteiger partial charge in [0.15, 0.2) is 5.69 Å². The Hall–Kier alpha value is -2.49. The zero-order valence-corrected chi connectivity index (χ0v) is 12.5. The number of nitrogens with zero attached hydrogens (tertiary/aromatic N) is 4. The van der Waals surface area contributed by atoms with Crippen LogP contribution in [0.4, 0.5) is 0 Å². The van der Waals surface area contributed by atoms with Gasteiger partial charge in [-0.3, -0.25) is 0 Å². The van der Waals surface area contributed by atoms with Crippen molar-refractivity contribution < 1.29 is 4.57 Å². The molecule has 4 nitrogen and oxygen atoms in total. The van der Waals surface area contributed by atoms with Gasteiger partial charge in [0.1, 0.15) is 11.5 Å². The number of hydrogen-bond donors (Lipinski definition) is 0. The summed E-state index contributed by atoms with van der Waals surface area (Å²) in [5.41, 5.74) is 7.46. The van der Waals surface area contributed by atoms with E-state index in [2.05, 4.69) is 44.2 Å². The van der Waals surface area contributed by atoms with Crippen LogP contribution in [0.1, 0.15) is 22.6 Å². The lowest BCUT2D eigenvalue weighted by atomic mass is 9.96. The van der Waals surface area contributed by atoms with Gasteiger partial charge in [-0.25, -0.2) is 9.55 Å². The fourth-order valence-electron chi connectivity index (χ4n) is 3.18. The average molecular weight is 277 g/mol. The van der Waals surface area contributed by atoms with Crippen molar-refractivity contribution in [2.24, 2.45) is 7.05 Å². The van der Waals surface area contributed by atoms with E-state index in [-0.39, 0.29) is 0 Å². The number of aryl methyl sites for hydroxylation is 3. The van der Waals surface area contributed by atoms with Crippen LogP contribution in [0.3, 0.4) is 0 Å². The molecule has 0 aliphatic carbocycles. The van der Waals surface area contributed by atoms with Crippen LogP contribution >= 0.6 is 0 Å². The van der Waals surface area contributed by atoms with E-state index < -0.39 is 0 Å². The van der Waals surface area contributed by atoms with Crippen LogP contribution in [-0.4, -0.2) is 14.5 Å². The molecule has 0 amide bonds. The maximum Gasteiger partial charge on any atom is 0.286 e. The highest BCUT2D eigenvalue weighted by Gasteiger charge is 2.25. The number of hydrogen-bond acceptors (Lipinski definition) is 2. The van der Waals surface area contributed by atoms with Gasteiger partial charge < -0.3 is 4.57 Å². The molecule has 1 aliphatic rings. The smallest absolute Gasteiger partial charge is 0.286 e. The molecule has 1 aromatic carbocycles. The summed E-state index contributed by atoms with van der Waals surface area (Å²) in [5.74, 6) is 1.12. The normalized spacial score (nSPS) is 12.3. The first kappa shape index (κ1) is 12.3. The average Bonchev–Trinajstić information content (AvgIpc) is 3.02. The largest absolute Gasteiger partial charge is 0.303 e. The maximum atomic E-state index is 4.46. The second-order valence-electron chi connectivity index (χ2n) is 5.67. The SMILES string of the molecule is Cc1cc(-c2c(C)ccc3c2Cc2nccn2-3)[n+](C)cn1. The lowest BCUT2D eigenvalue weighted by molar-refractivity contribution is -0.663. The summed E-state index contributed by atoms with van der Waals surface area (Å²) in [6, 6.07) is 6.54. The van der Waals surface area contributed by atoms with Gasteiger partial charge in [0.25, 0.3) is 6.33 Å². The van der Waals surface area contributed by atoms with Crippen LogP contribution < -0.4 is 4.57 Å². The lowest BCUT2D eigenvalue weighted by Gasteiger charge is -2.12. The maximum absolute atomic E-state index is 4.46. The lowest BCUT2D eigenvalue weighted by Crippen LogP contribution is -2.32. The summed E-state index contributed by atoms with van der Waals surface area (Å²) < 4.78 is 4.28. The van der Waals surface area contributed by atoms with Crippen molar-refractivity contribution in [2.45, 2.75) is 20.3 Å². The molecule has 0 fully saturated rings. The first-order valence-corrected chi connectivity index (χ1v) is 7.13. The summed E-state index contributed by atoms with van der Waals surface area (Å²) >= 11 is 0. The summed E-state index contributed by atoms with van der Waals surface area (Å²) in [7, 11) is 2.05. The first-order chi connectivity index (χ1) is 10.1. The molecule has 0 unspecified atom stereocenters. The van der Waals surface area contributed by atoms with Gasteiger partial charge >= 0.3 is 0 Å². The van der Waals surface area contributed by atoms with Crippen molar-refractivity contribution in [3.8, 4) is 16.9 Å². The Morgan fingerprint density at radius 3 is 2.90 bits per heavy atom. The zero-order valence-electron chi connectivity index (χ0n) is 12.5. The van der Waals surface area contributed by atoms with E-state index in [0.717, 1.165) is 17.9 Å². The molecule has 0 saturated heterocycles. The molecule has 3 aromatic rings. The van der Waals surface area contributed by atoms with Gasteiger partial charge in [-0.2, -0.15) is 0 Å². The fraction of sp³-hybridized carbons (Fsp3) is 0.235. The quantitative estimate of drug-likeness (QED) is 0.500. The topological polar surface area (TPSA) is 34.6 Å². The van der Waals surface area contributed by atoms with E-state index in [9.17, 15) is 0 Å². The van der Waals surface area contributed by atoms with Crippen LogP contribution in [-0.2, 0) is 13.5 Å². The van der Waals surface area contributed by atoms with Crippen molar-refractivity contribution in [1.82, 2.24) is 14.5 Å². The molecular formula is C17H17N4+. The third-order valence-corrected chi connectivity index (χ3v) is 4.22. The molecule has 4 rings (SSSR count). The van der Waals surface area contributed by atoms with Gasteiger partial charge in [0, 0.05) is 37.4 Å². The van der Waals surface area contributed by atoms with Gasteiger partial charge in [-0.05, 0) is 24.1 Å². The molecule has 2 aromatic heterocycles. The van der Waals surface area contributed by atoms with E-state index >= 15 is 0 Å². The monoisotopic (exact) mass is 277 g/mol. The minimum Gasteiger partial charge on any atom is -0.303 e. The highest BCUT2D eigenvalue weighted by molar-refractivity contribution is 5.73. The molecule has 0 bridgehead atoms. The highest BCUT2D eigenvalue weighted by Crippen LogP contribution is 2.36. The van der Waals surface area contributed by atoms with Crippen LogP contribution in [0.25, 0.3) is 16.9 Å². The van der Waals surface area contributed by atoms with E-state index in [0.29, 0.717) is 0 Å². The number of imidazole rings is 1. The highest BCUT2D eigenvalue weighted by atomic mass is 15.1. The summed E-state index contributed by atoms with van der Waals surface area (Å²) in [5, 5.41) is 0. The van der Waals surface area contributed by atoms with Crippen molar-refractivity contribution in [2.75, 3.05) is 0 Å². The van der Waals surface area contributed by atoms with Gasteiger partial charge in [0.05, 0.1) is 12.7 Å². The number of aromatic nitrogens is 4. The van der Waals surface area contributed by atoms with Gasteiger partial charge in [-0.15, -0.1) is 0 Å². The Morgan fingerprint density at radius 1 is 1.19 bits per heavy atom. The third kappa shape index (κ3) is 1.72. The standard InChI is InChI=1S/C17H17N4/c1-11-4-5-14-13(9-16-18-6-7-21(14)16)17(11)15-8-12(2)19-10-20(15)3/h4-8,10H,9H2,1-3H3/q+1. The number of rotatable bonds is 1. The molecule has 0 radical (unpaired) electrons. The minimum absolute atomic E-state index is 0.890. The molecule has 3 heterocycles. The second kappa shape index (κ2) is 4.25. The molecule has 0 N–H and O–H groups in total. The Bertz CT molecular complexity index is 861. The fourth-order valence-corrected chi connectivity index (χ4v) is 3.18. The molecule has 104 valence electrons. The summed E-state index contributed by atoms with van der Waals surface area (Å²) in [6.45, 7) is 4.21. The Labute approximate surface area is 123 Å². The molecule has 1 aliphatic heterocycles. The predicted molar refractivity (Wildman–Crippen MR) is 80.3 cm³/mol. The molecule has 21 heavy (non-hydrogen) atoms. The van der Waals surface area contributed by atoms with Crippen molar-refractivity contribution in [3.63, 3.8) is 0 Å². The Morgan fingerprint density at radius 2 is 2.05 bits per heavy atom. The summed E-state index contributed by atoms with van der Waals surface area (Å²) in [6.07, 6.45) is 6.68. The second-order valence-corrected chi connectivity index (χ2v) is 5.67. The first-order valence-electron chi connectivity index (χ1n) is 7.13. The third-order valence-electron chi connectivity index (χ3n) is 4.22. The summed E-state index contributed by atoms with van der Waals surface area (Å²) in [4.78, 5) is 8.82. The van der Waals surface area contributed by atoms with Crippen LogP contribution in [0.2, 0.25) is 0 Å². The molecule has 0 saturated carbocycles. The number of fused-ring (bicyclic) bond motifs is 3. The van der Waals surface area contributed by atoms with Crippen molar-refractivity contribution >= 4 is 0 Å². The Balaban J connectivity index is 2.02. The molecule has 4 heteroatoms. The van der Waals surface area contributed by atoms with E-state index in [1.54, 1.807) is 0 Å². The van der Waals surface area contributed by atoms with E-state index in [1.165, 1.54) is 28.1 Å². The van der Waals surface area contributed by atoms with Crippen LogP contribution in [0, 0.1) is 13.8 Å². The minimum atomic E-state index is 0.890. The van der Waals surface area contributed by atoms with Crippen molar-refractivity contribution in [1.29, 1.82) is 0 Å². The molecule has 0 atom stereocenters. The number of benzene rings is 1. The van der Waals surface area contributed by atoms with E-state index in [4.69, 9.17) is 0 Å². The van der Waals surface area contributed by atoms with Gasteiger partial charge in [-0.1, -0.05) is 11.1 Å². The molecule has 0 spiro atoms. The predicted octanol–water partition coefficient (Wildman–Crippen LogP) is 2.28. The molecular weight excluding hydrogens is 260 g/mol. The van der Waals surface area contributed by atoms with Crippen molar-refractivity contribution in [3.05, 3.63) is 59.6 Å². The Kier molecular flexibility index (Phi) is 2.48.